The van der Waals surface area contributed by atoms with E-state index in [4.69, 9.17) is 0 Å². The highest BCUT2D eigenvalue weighted by Crippen LogP contribution is 2.26. The maximum atomic E-state index is 11.0. The molecule has 6 nitrogen and oxygen atoms in total. The molecule has 0 bridgehead atoms. The van der Waals surface area contributed by atoms with Crippen molar-refractivity contribution in [2.45, 2.75) is 13.3 Å². The van der Waals surface area contributed by atoms with Crippen molar-refractivity contribution in [1.29, 1.82) is 0 Å². The van der Waals surface area contributed by atoms with Gasteiger partial charge >= 0.3 is 0 Å². The van der Waals surface area contributed by atoms with Crippen LogP contribution < -0.4 is 16.0 Å². The molecule has 0 spiro atoms. The summed E-state index contributed by atoms with van der Waals surface area (Å²) < 4.78 is 0.777. The van der Waals surface area contributed by atoms with Crippen LogP contribution in [0.5, 0.6) is 0 Å². The van der Waals surface area contributed by atoms with E-state index >= 15 is 0 Å². The van der Waals surface area contributed by atoms with E-state index in [1.807, 2.05) is 6.92 Å². The molecular formula is C10H16BrN5O. The van der Waals surface area contributed by atoms with E-state index in [0.717, 1.165) is 16.8 Å². The van der Waals surface area contributed by atoms with Crippen LogP contribution in [0.25, 0.3) is 0 Å². The molecule has 0 aliphatic carbocycles. The molecule has 0 radical (unpaired) electrons. The zero-order valence-electron chi connectivity index (χ0n) is 9.88. The molecule has 7 heteroatoms. The van der Waals surface area contributed by atoms with Crippen LogP contribution in [-0.4, -0.2) is 36.0 Å². The summed E-state index contributed by atoms with van der Waals surface area (Å²) in [5, 5.41) is 8.75. The van der Waals surface area contributed by atoms with Crippen LogP contribution in [0.1, 0.15) is 13.3 Å². The lowest BCUT2D eigenvalue weighted by molar-refractivity contribution is -0.120. The summed E-state index contributed by atoms with van der Waals surface area (Å²) in [6, 6.07) is 0. The molecule has 0 fully saturated rings. The van der Waals surface area contributed by atoms with E-state index in [9.17, 15) is 4.79 Å². The quantitative estimate of drug-likeness (QED) is 0.736. The molecule has 94 valence electrons. The fourth-order valence-corrected chi connectivity index (χ4v) is 1.69. The van der Waals surface area contributed by atoms with Crippen molar-refractivity contribution in [3.8, 4) is 0 Å². The Morgan fingerprint density at radius 3 is 2.59 bits per heavy atom. The van der Waals surface area contributed by atoms with Gasteiger partial charge in [-0.15, -0.1) is 0 Å². The molecule has 1 aromatic heterocycles. The molecule has 1 aromatic rings. The summed E-state index contributed by atoms with van der Waals surface area (Å²) in [6.07, 6.45) is 1.88. The van der Waals surface area contributed by atoms with Crippen molar-refractivity contribution in [3.05, 3.63) is 10.8 Å². The van der Waals surface area contributed by atoms with Crippen LogP contribution in [0.2, 0.25) is 0 Å². The average molecular weight is 302 g/mol. The second-order valence-corrected chi connectivity index (χ2v) is 4.06. The van der Waals surface area contributed by atoms with Crippen molar-refractivity contribution in [2.75, 3.05) is 30.8 Å². The highest BCUT2D eigenvalue weighted by atomic mass is 79.9. The number of anilines is 2. The van der Waals surface area contributed by atoms with E-state index in [0.29, 0.717) is 18.8 Å². The lowest BCUT2D eigenvalue weighted by atomic mass is 10.4. The molecule has 17 heavy (non-hydrogen) atoms. The predicted molar refractivity (Wildman–Crippen MR) is 71.1 cm³/mol. The molecule has 0 aliphatic heterocycles. The molecule has 0 unspecified atom stereocenters. The van der Waals surface area contributed by atoms with Crippen LogP contribution in [0.15, 0.2) is 10.8 Å². The van der Waals surface area contributed by atoms with Gasteiger partial charge in [0.25, 0.3) is 0 Å². The van der Waals surface area contributed by atoms with E-state index in [-0.39, 0.29) is 5.91 Å². The average Bonchev–Trinajstić information content (AvgIpc) is 2.33. The van der Waals surface area contributed by atoms with Crippen molar-refractivity contribution in [3.63, 3.8) is 0 Å². The molecule has 1 rings (SSSR count). The normalized spacial score (nSPS) is 9.82. The smallest absolute Gasteiger partial charge is 0.221 e. The minimum absolute atomic E-state index is 0.00501. The Hall–Kier alpha value is -1.37. The van der Waals surface area contributed by atoms with Crippen molar-refractivity contribution in [1.82, 2.24) is 15.3 Å². The molecule has 0 aromatic carbocycles. The van der Waals surface area contributed by atoms with Crippen LogP contribution >= 0.6 is 15.9 Å². The van der Waals surface area contributed by atoms with Gasteiger partial charge in [0.15, 0.2) is 0 Å². The second kappa shape index (κ2) is 7.05. The van der Waals surface area contributed by atoms with Crippen molar-refractivity contribution < 1.29 is 4.79 Å². The molecule has 0 saturated carbocycles. The number of carbonyl (C=O) groups excluding carboxylic acids is 1. The highest BCUT2D eigenvalue weighted by Gasteiger charge is 2.07. The number of rotatable bonds is 6. The van der Waals surface area contributed by atoms with Gasteiger partial charge in [0, 0.05) is 26.6 Å². The Bertz CT molecular complexity index is 385. The van der Waals surface area contributed by atoms with Crippen LogP contribution in [0, 0.1) is 0 Å². The fraction of sp³-hybridized carbons (Fsp3) is 0.500. The van der Waals surface area contributed by atoms with E-state index < -0.39 is 0 Å². The van der Waals surface area contributed by atoms with Gasteiger partial charge in [-0.1, -0.05) is 0 Å². The highest BCUT2D eigenvalue weighted by molar-refractivity contribution is 9.10. The topological polar surface area (TPSA) is 78.9 Å². The molecule has 0 aliphatic rings. The third-order valence-corrected chi connectivity index (χ3v) is 2.81. The first-order chi connectivity index (χ1) is 8.19. The largest absolute Gasteiger partial charge is 0.369 e. The summed E-state index contributed by atoms with van der Waals surface area (Å²) in [6.45, 7) is 3.31. The SMILES string of the molecule is CCNc1ncnc(NCCC(=O)NC)c1Br. The number of hydrogen-bond acceptors (Lipinski definition) is 5. The lowest BCUT2D eigenvalue weighted by Gasteiger charge is -2.10. The van der Waals surface area contributed by atoms with E-state index in [1.165, 1.54) is 6.33 Å². The van der Waals surface area contributed by atoms with Crippen LogP contribution in [0.4, 0.5) is 11.6 Å². The number of hydrogen-bond donors (Lipinski definition) is 3. The summed E-state index contributed by atoms with van der Waals surface area (Å²) in [4.78, 5) is 19.3. The van der Waals surface area contributed by atoms with E-state index in [1.54, 1.807) is 7.05 Å². The molecule has 1 amide bonds. The number of halogens is 1. The molecule has 0 saturated heterocycles. The van der Waals surface area contributed by atoms with Gasteiger partial charge in [-0.2, -0.15) is 0 Å². The van der Waals surface area contributed by atoms with Gasteiger partial charge < -0.3 is 16.0 Å². The Morgan fingerprint density at radius 1 is 1.35 bits per heavy atom. The Labute approximate surface area is 109 Å². The number of nitrogens with zero attached hydrogens (tertiary/aromatic N) is 2. The number of nitrogens with one attached hydrogen (secondary N) is 3. The Kier molecular flexibility index (Phi) is 5.68. The number of carbonyl (C=O) groups is 1. The first-order valence-corrected chi connectivity index (χ1v) is 6.17. The van der Waals surface area contributed by atoms with E-state index in [2.05, 4.69) is 41.8 Å². The Balaban J connectivity index is 2.59. The summed E-state index contributed by atoms with van der Waals surface area (Å²) in [5.74, 6) is 1.42. The predicted octanol–water partition coefficient (Wildman–Crippen LogP) is 1.22. The van der Waals surface area contributed by atoms with Crippen LogP contribution in [-0.2, 0) is 4.79 Å². The Morgan fingerprint density at radius 2 is 2.00 bits per heavy atom. The second-order valence-electron chi connectivity index (χ2n) is 3.27. The van der Waals surface area contributed by atoms with Gasteiger partial charge in [0.1, 0.15) is 22.4 Å². The summed E-state index contributed by atoms with van der Waals surface area (Å²) >= 11 is 3.42. The van der Waals surface area contributed by atoms with Gasteiger partial charge in [-0.05, 0) is 22.9 Å². The zero-order chi connectivity index (χ0) is 12.7. The molecule has 3 N–H and O–H groups in total. The zero-order valence-corrected chi connectivity index (χ0v) is 11.5. The third kappa shape index (κ3) is 4.18. The molecule has 0 atom stereocenters. The molecular weight excluding hydrogens is 286 g/mol. The van der Waals surface area contributed by atoms with Gasteiger partial charge in [0.05, 0.1) is 0 Å². The van der Waals surface area contributed by atoms with Crippen molar-refractivity contribution in [2.24, 2.45) is 0 Å². The first kappa shape index (κ1) is 13.7. The fourth-order valence-electron chi connectivity index (χ4n) is 1.20. The minimum atomic E-state index is -0.00501. The lowest BCUT2D eigenvalue weighted by Crippen LogP contribution is -2.21. The maximum Gasteiger partial charge on any atom is 0.221 e. The van der Waals surface area contributed by atoms with Crippen LogP contribution in [0.3, 0.4) is 0 Å². The monoisotopic (exact) mass is 301 g/mol. The third-order valence-electron chi connectivity index (χ3n) is 2.06. The summed E-state index contributed by atoms with van der Waals surface area (Å²) in [7, 11) is 1.62. The van der Waals surface area contributed by atoms with Crippen molar-refractivity contribution >= 4 is 33.5 Å². The number of amides is 1. The standard InChI is InChI=1S/C10H16BrN5O/c1-3-13-9-8(11)10(16-6-15-9)14-5-4-7(17)12-2/h6H,3-5H2,1-2H3,(H,12,17)(H2,13,14,15,16). The van der Waals surface area contributed by atoms with Gasteiger partial charge in [-0.3, -0.25) is 4.79 Å². The van der Waals surface area contributed by atoms with Gasteiger partial charge in [-0.25, -0.2) is 9.97 Å². The molecule has 1 heterocycles. The minimum Gasteiger partial charge on any atom is -0.369 e. The number of aromatic nitrogens is 2. The summed E-state index contributed by atoms with van der Waals surface area (Å²) in [5.41, 5.74) is 0. The maximum absolute atomic E-state index is 11.0. The van der Waals surface area contributed by atoms with Gasteiger partial charge in [0.2, 0.25) is 5.91 Å². The first-order valence-electron chi connectivity index (χ1n) is 5.37.